The van der Waals surface area contributed by atoms with Crippen molar-refractivity contribution >= 4 is 11.5 Å². The molecule has 0 spiro atoms. The molecule has 0 aliphatic carbocycles. The molecule has 2 rings (SSSR count). The molecule has 0 bridgehead atoms. The average molecular weight is 278 g/mol. The van der Waals surface area contributed by atoms with Crippen LogP contribution in [0.2, 0.25) is 0 Å². The number of rotatable bonds is 4. The Labute approximate surface area is 114 Å². The van der Waals surface area contributed by atoms with Gasteiger partial charge in [-0.15, -0.1) is 0 Å². The van der Waals surface area contributed by atoms with Crippen molar-refractivity contribution in [2.75, 3.05) is 17.6 Å². The Balaban J connectivity index is 2.61. The van der Waals surface area contributed by atoms with Crippen LogP contribution < -0.4 is 22.3 Å². The second kappa shape index (κ2) is 5.60. The van der Waals surface area contributed by atoms with Crippen LogP contribution in [0.1, 0.15) is 13.3 Å². The van der Waals surface area contributed by atoms with Crippen molar-refractivity contribution < 1.29 is 4.39 Å². The first-order chi connectivity index (χ1) is 9.54. The molecule has 4 N–H and O–H groups in total. The highest BCUT2D eigenvalue weighted by Crippen LogP contribution is 2.16. The van der Waals surface area contributed by atoms with Crippen molar-refractivity contribution in [3.8, 4) is 5.69 Å². The Morgan fingerprint density at radius 2 is 1.95 bits per heavy atom. The summed E-state index contributed by atoms with van der Waals surface area (Å²) >= 11 is 0. The third-order valence-electron chi connectivity index (χ3n) is 2.78. The van der Waals surface area contributed by atoms with Crippen LogP contribution in [0.3, 0.4) is 0 Å². The zero-order chi connectivity index (χ0) is 14.7. The van der Waals surface area contributed by atoms with Gasteiger partial charge in [0.15, 0.2) is 0 Å². The molecule has 0 amide bonds. The van der Waals surface area contributed by atoms with E-state index in [1.165, 1.54) is 24.3 Å². The molecule has 1 aromatic heterocycles. The summed E-state index contributed by atoms with van der Waals surface area (Å²) in [6.07, 6.45) is 0.800. The van der Waals surface area contributed by atoms with E-state index in [0.717, 1.165) is 11.0 Å². The number of nitrogens with zero attached hydrogens (tertiary/aromatic N) is 1. The normalized spacial score (nSPS) is 10.5. The summed E-state index contributed by atoms with van der Waals surface area (Å²) in [5.74, 6) is -0.423. The highest BCUT2D eigenvalue weighted by atomic mass is 19.1. The molecule has 0 aliphatic rings. The van der Waals surface area contributed by atoms with E-state index in [1.54, 1.807) is 0 Å². The first-order valence-corrected chi connectivity index (χ1v) is 6.19. The molecular formula is C13H15FN4O2. The Morgan fingerprint density at radius 3 is 2.55 bits per heavy atom. The van der Waals surface area contributed by atoms with Gasteiger partial charge >= 0.3 is 5.69 Å². The molecule has 106 valence electrons. The number of aromatic nitrogens is 2. The first kappa shape index (κ1) is 13.9. The van der Waals surface area contributed by atoms with Crippen molar-refractivity contribution in [2.24, 2.45) is 0 Å². The molecule has 0 atom stereocenters. The summed E-state index contributed by atoms with van der Waals surface area (Å²) in [6, 6.07) is 5.25. The molecule has 0 fully saturated rings. The number of H-pyrrole nitrogens is 1. The highest BCUT2D eigenvalue weighted by molar-refractivity contribution is 5.63. The number of hydrogen-bond donors (Lipinski definition) is 3. The van der Waals surface area contributed by atoms with E-state index in [1.807, 2.05) is 6.92 Å². The van der Waals surface area contributed by atoms with Crippen LogP contribution in [0.4, 0.5) is 15.9 Å². The smallest absolute Gasteiger partial charge is 0.334 e. The van der Waals surface area contributed by atoms with Gasteiger partial charge in [-0.1, -0.05) is 6.92 Å². The minimum absolute atomic E-state index is 0.00110. The van der Waals surface area contributed by atoms with Gasteiger partial charge in [-0.25, -0.2) is 13.8 Å². The molecule has 0 radical (unpaired) electrons. The highest BCUT2D eigenvalue weighted by Gasteiger charge is 2.13. The number of hydrogen-bond acceptors (Lipinski definition) is 4. The lowest BCUT2D eigenvalue weighted by Gasteiger charge is -2.13. The zero-order valence-corrected chi connectivity index (χ0v) is 10.9. The number of anilines is 2. The van der Waals surface area contributed by atoms with E-state index < -0.39 is 17.1 Å². The first-order valence-electron chi connectivity index (χ1n) is 6.19. The van der Waals surface area contributed by atoms with Crippen molar-refractivity contribution in [2.45, 2.75) is 13.3 Å². The third-order valence-corrected chi connectivity index (χ3v) is 2.78. The van der Waals surface area contributed by atoms with Crippen LogP contribution in [0.5, 0.6) is 0 Å². The summed E-state index contributed by atoms with van der Waals surface area (Å²) in [7, 11) is 0. The maximum Gasteiger partial charge on any atom is 0.334 e. The standard InChI is InChI=1S/C13H15FN4O2/c1-2-7-16-10-11(15)18(13(20)17-12(10)19)9-5-3-8(14)4-6-9/h3-6,16H,2,7,15H2,1H3,(H,17,19,20). The van der Waals surface area contributed by atoms with E-state index >= 15 is 0 Å². The molecular weight excluding hydrogens is 263 g/mol. The number of nitrogens with two attached hydrogens (primary N) is 1. The van der Waals surface area contributed by atoms with Crippen molar-refractivity contribution in [3.05, 3.63) is 50.9 Å². The van der Waals surface area contributed by atoms with Gasteiger partial charge in [0.2, 0.25) is 0 Å². The Hall–Kier alpha value is -2.57. The molecule has 1 aromatic carbocycles. The predicted molar refractivity (Wildman–Crippen MR) is 75.8 cm³/mol. The van der Waals surface area contributed by atoms with Crippen LogP contribution in [-0.4, -0.2) is 16.1 Å². The summed E-state index contributed by atoms with van der Waals surface area (Å²) in [5.41, 5.74) is 5.16. The third kappa shape index (κ3) is 2.56. The predicted octanol–water partition coefficient (Wildman–Crippen LogP) is 1.07. The van der Waals surface area contributed by atoms with Crippen molar-refractivity contribution in [1.29, 1.82) is 0 Å². The van der Waals surface area contributed by atoms with Crippen LogP contribution in [0.25, 0.3) is 5.69 Å². The van der Waals surface area contributed by atoms with Crippen LogP contribution in [0.15, 0.2) is 33.9 Å². The monoisotopic (exact) mass is 278 g/mol. The maximum atomic E-state index is 12.9. The lowest BCUT2D eigenvalue weighted by atomic mass is 10.3. The minimum Gasteiger partial charge on any atom is -0.383 e. The van der Waals surface area contributed by atoms with E-state index in [9.17, 15) is 14.0 Å². The fourth-order valence-electron chi connectivity index (χ4n) is 1.82. The van der Waals surface area contributed by atoms with Crippen molar-refractivity contribution in [1.82, 2.24) is 9.55 Å². The van der Waals surface area contributed by atoms with Gasteiger partial charge in [-0.05, 0) is 30.7 Å². The fourth-order valence-corrected chi connectivity index (χ4v) is 1.82. The van der Waals surface area contributed by atoms with Gasteiger partial charge in [-0.2, -0.15) is 0 Å². The number of nitrogen functional groups attached to an aromatic ring is 1. The van der Waals surface area contributed by atoms with Crippen LogP contribution in [-0.2, 0) is 0 Å². The van der Waals surface area contributed by atoms with E-state index in [-0.39, 0.29) is 11.5 Å². The minimum atomic E-state index is -0.666. The second-order valence-corrected chi connectivity index (χ2v) is 4.26. The van der Waals surface area contributed by atoms with Gasteiger partial charge in [0.05, 0.1) is 5.69 Å². The van der Waals surface area contributed by atoms with Crippen molar-refractivity contribution in [3.63, 3.8) is 0 Å². The zero-order valence-electron chi connectivity index (χ0n) is 10.9. The molecule has 20 heavy (non-hydrogen) atoms. The molecule has 2 aromatic rings. The number of nitrogens with one attached hydrogen (secondary N) is 2. The molecule has 0 saturated heterocycles. The lowest BCUT2D eigenvalue weighted by Crippen LogP contribution is -2.33. The maximum absolute atomic E-state index is 12.9. The van der Waals surface area contributed by atoms with Gasteiger partial charge in [0.1, 0.15) is 17.3 Å². The summed E-state index contributed by atoms with van der Waals surface area (Å²) in [5, 5.41) is 2.88. The number of benzene rings is 1. The largest absolute Gasteiger partial charge is 0.383 e. The molecule has 0 saturated carbocycles. The van der Waals surface area contributed by atoms with E-state index in [2.05, 4.69) is 10.3 Å². The average Bonchev–Trinajstić information content (AvgIpc) is 2.40. The number of halogens is 1. The van der Waals surface area contributed by atoms with Gasteiger partial charge < -0.3 is 11.1 Å². The van der Waals surface area contributed by atoms with E-state index in [0.29, 0.717) is 12.2 Å². The SMILES string of the molecule is CCCNc1c(N)n(-c2ccc(F)cc2)c(=O)[nH]c1=O. The van der Waals surface area contributed by atoms with Gasteiger partial charge in [-0.3, -0.25) is 9.78 Å². The van der Waals surface area contributed by atoms with Crippen LogP contribution >= 0.6 is 0 Å². The topological polar surface area (TPSA) is 92.9 Å². The van der Waals surface area contributed by atoms with Crippen LogP contribution in [0, 0.1) is 5.82 Å². The Morgan fingerprint density at radius 1 is 1.30 bits per heavy atom. The molecule has 0 aliphatic heterocycles. The molecule has 0 unspecified atom stereocenters. The quantitative estimate of drug-likeness (QED) is 0.780. The fraction of sp³-hybridized carbons (Fsp3) is 0.231. The Kier molecular flexibility index (Phi) is 3.88. The van der Waals surface area contributed by atoms with E-state index in [4.69, 9.17) is 5.73 Å². The molecule has 6 nitrogen and oxygen atoms in total. The second-order valence-electron chi connectivity index (χ2n) is 4.26. The molecule has 1 heterocycles. The Bertz CT molecular complexity index is 719. The summed E-state index contributed by atoms with van der Waals surface area (Å²) in [6.45, 7) is 2.49. The summed E-state index contributed by atoms with van der Waals surface area (Å²) < 4.78 is 14.0. The van der Waals surface area contributed by atoms with Gasteiger partial charge in [0.25, 0.3) is 5.56 Å². The summed E-state index contributed by atoms with van der Waals surface area (Å²) in [4.78, 5) is 25.8. The lowest BCUT2D eigenvalue weighted by molar-refractivity contribution is 0.627. The number of aromatic amines is 1. The molecule has 7 heteroatoms. The van der Waals surface area contributed by atoms with Gasteiger partial charge in [0, 0.05) is 6.54 Å².